The Labute approximate surface area is 378 Å². The second-order valence-electron chi connectivity index (χ2n) is 15.2. The summed E-state index contributed by atoms with van der Waals surface area (Å²) in [7, 11) is -10.7. The average Bonchev–Trinajstić information content (AvgIpc) is 3.24. The molecule has 0 aromatic heterocycles. The Hall–Kier alpha value is -2.86. The van der Waals surface area contributed by atoms with Crippen LogP contribution in [0.5, 0.6) is 0 Å². The number of hydrogen-bond acceptors (Lipinski definition) is 14. The van der Waals surface area contributed by atoms with Crippen LogP contribution in [-0.2, 0) is 41.8 Å². The fraction of sp³-hybridized carbons (Fsp3) is 0.644. The van der Waals surface area contributed by atoms with Gasteiger partial charge in [-0.1, -0.05) is 125 Å². The molecule has 6 unspecified atom stereocenters. The smallest absolute Gasteiger partial charge is 0.462 e. The van der Waals surface area contributed by atoms with Crippen molar-refractivity contribution in [2.45, 2.75) is 172 Å². The first kappa shape index (κ1) is 59.2. The second-order valence-corrected chi connectivity index (χ2v) is 17.8. The largest absolute Gasteiger partial charge is 0.472 e. The molecule has 1 fully saturated rings. The predicted molar refractivity (Wildman–Crippen MR) is 242 cm³/mol. The summed E-state index contributed by atoms with van der Waals surface area (Å²) < 4.78 is 49.2. The molecule has 17 nitrogen and oxygen atoms in total. The molecule has 0 aromatic rings. The molecular weight excluding hydrogens is 874 g/mol. The summed E-state index contributed by atoms with van der Waals surface area (Å²) in [6, 6.07) is 0. The van der Waals surface area contributed by atoms with Crippen LogP contribution >= 0.6 is 15.6 Å². The van der Waals surface area contributed by atoms with Gasteiger partial charge in [0.05, 0.1) is 12.7 Å². The zero-order valence-electron chi connectivity index (χ0n) is 37.3. The van der Waals surface area contributed by atoms with E-state index in [-0.39, 0.29) is 12.8 Å². The van der Waals surface area contributed by atoms with Crippen molar-refractivity contribution in [2.24, 2.45) is 0 Å². The fourth-order valence-corrected chi connectivity index (χ4v) is 7.60. The van der Waals surface area contributed by atoms with E-state index >= 15 is 0 Å². The van der Waals surface area contributed by atoms with Gasteiger partial charge in [0.25, 0.3) is 0 Å². The first-order chi connectivity index (χ1) is 30.5. The third-order valence-corrected chi connectivity index (χ3v) is 11.0. The number of aliphatic hydroxyl groups is 5. The lowest BCUT2D eigenvalue weighted by Crippen LogP contribution is -2.64. The highest BCUT2D eigenvalue weighted by Gasteiger charge is 2.54. The predicted octanol–water partition coefficient (Wildman–Crippen LogP) is 6.80. The number of allylic oxidation sites excluding steroid dienone is 12. The molecule has 366 valence electrons. The number of hydrogen-bond donors (Lipinski definition) is 8. The van der Waals surface area contributed by atoms with Crippen molar-refractivity contribution in [1.82, 2.24) is 0 Å². The Bertz CT molecular complexity index is 1590. The molecule has 0 saturated heterocycles. The van der Waals surface area contributed by atoms with Crippen LogP contribution in [0, 0.1) is 0 Å². The minimum Gasteiger partial charge on any atom is -0.462 e. The van der Waals surface area contributed by atoms with E-state index in [4.69, 9.17) is 28.3 Å². The second kappa shape index (κ2) is 35.3. The van der Waals surface area contributed by atoms with Gasteiger partial charge in [0.2, 0.25) is 0 Å². The molecule has 0 heterocycles. The van der Waals surface area contributed by atoms with Crippen molar-refractivity contribution in [2.75, 3.05) is 13.2 Å². The minimum absolute atomic E-state index is 0.0741. The molecule has 0 aromatic carbocycles. The number of phosphoric acid groups is 2. The van der Waals surface area contributed by atoms with E-state index in [0.29, 0.717) is 32.1 Å². The number of phosphoric ester groups is 2. The molecule has 0 amide bonds. The molecule has 1 rings (SSSR count). The van der Waals surface area contributed by atoms with Gasteiger partial charge in [0.15, 0.2) is 6.10 Å². The Balaban J connectivity index is 2.71. The van der Waals surface area contributed by atoms with Crippen LogP contribution < -0.4 is 0 Å². The van der Waals surface area contributed by atoms with E-state index in [2.05, 4.69) is 54.8 Å². The summed E-state index contributed by atoms with van der Waals surface area (Å²) in [5.41, 5.74) is 0. The first-order valence-electron chi connectivity index (χ1n) is 22.2. The van der Waals surface area contributed by atoms with E-state index in [9.17, 15) is 49.1 Å². The van der Waals surface area contributed by atoms with Gasteiger partial charge in [0, 0.05) is 12.8 Å². The Morgan fingerprint density at radius 1 is 0.594 bits per heavy atom. The summed E-state index contributed by atoms with van der Waals surface area (Å²) >= 11 is 0. The molecule has 1 aliphatic carbocycles. The van der Waals surface area contributed by atoms with Crippen LogP contribution in [0.3, 0.4) is 0 Å². The van der Waals surface area contributed by atoms with E-state index in [1.807, 2.05) is 36.5 Å². The van der Waals surface area contributed by atoms with Gasteiger partial charge in [-0.25, -0.2) is 9.13 Å². The monoisotopic (exact) mass is 948 g/mol. The van der Waals surface area contributed by atoms with Gasteiger partial charge in [-0.2, -0.15) is 0 Å². The number of esters is 2. The van der Waals surface area contributed by atoms with Gasteiger partial charge in [-0.05, 0) is 70.6 Å². The lowest BCUT2D eigenvalue weighted by atomic mass is 9.85. The Morgan fingerprint density at radius 3 is 1.81 bits per heavy atom. The van der Waals surface area contributed by atoms with Crippen LogP contribution in [0.25, 0.3) is 0 Å². The summed E-state index contributed by atoms with van der Waals surface area (Å²) in [4.78, 5) is 54.1. The van der Waals surface area contributed by atoms with Crippen molar-refractivity contribution >= 4 is 27.6 Å². The van der Waals surface area contributed by atoms with Crippen molar-refractivity contribution in [1.29, 1.82) is 0 Å². The van der Waals surface area contributed by atoms with Gasteiger partial charge < -0.3 is 49.7 Å². The summed E-state index contributed by atoms with van der Waals surface area (Å²) in [6.45, 7) is 2.77. The number of carbonyl (C=O) groups is 2. The van der Waals surface area contributed by atoms with Crippen LogP contribution in [-0.4, -0.2) is 114 Å². The summed E-state index contributed by atoms with van der Waals surface area (Å²) in [5.74, 6) is -1.34. The zero-order valence-corrected chi connectivity index (χ0v) is 39.1. The third-order valence-electron chi connectivity index (χ3n) is 9.51. The summed E-state index contributed by atoms with van der Waals surface area (Å²) in [5, 5.41) is 51.2. The van der Waals surface area contributed by atoms with Gasteiger partial charge in [-0.15, -0.1) is 0 Å². The molecule has 0 radical (unpaired) electrons. The number of unbranched alkanes of at least 4 members (excludes halogenated alkanes) is 7. The molecule has 64 heavy (non-hydrogen) atoms. The van der Waals surface area contributed by atoms with Crippen LogP contribution in [0.2, 0.25) is 0 Å². The normalized spacial score (nSPS) is 23.1. The van der Waals surface area contributed by atoms with Crippen molar-refractivity contribution < 1.29 is 82.0 Å². The molecule has 1 aliphatic rings. The maximum Gasteiger partial charge on any atom is 0.472 e. The molecule has 0 spiro atoms. The number of aliphatic hydroxyl groups excluding tert-OH is 5. The molecule has 19 heteroatoms. The van der Waals surface area contributed by atoms with Crippen molar-refractivity contribution in [3.8, 4) is 0 Å². The highest BCUT2D eigenvalue weighted by molar-refractivity contribution is 7.47. The van der Waals surface area contributed by atoms with Gasteiger partial charge in [0.1, 0.15) is 43.2 Å². The molecule has 0 aliphatic heterocycles. The van der Waals surface area contributed by atoms with Gasteiger partial charge >= 0.3 is 27.6 Å². The maximum absolute atomic E-state index is 13.0. The van der Waals surface area contributed by atoms with Crippen LogP contribution in [0.1, 0.15) is 123 Å². The number of ether oxygens (including phenoxy) is 2. The fourth-order valence-electron chi connectivity index (χ4n) is 6.06. The van der Waals surface area contributed by atoms with Crippen molar-refractivity contribution in [3.05, 3.63) is 85.1 Å². The number of rotatable bonds is 35. The Kier molecular flexibility index (Phi) is 32.7. The van der Waals surface area contributed by atoms with Crippen LogP contribution in [0.4, 0.5) is 0 Å². The van der Waals surface area contributed by atoms with E-state index in [1.54, 1.807) is 12.2 Å². The highest BCUT2D eigenvalue weighted by atomic mass is 31.2. The highest BCUT2D eigenvalue weighted by Crippen LogP contribution is 2.49. The zero-order chi connectivity index (χ0) is 47.6. The van der Waals surface area contributed by atoms with E-state index in [1.165, 1.54) is 0 Å². The summed E-state index contributed by atoms with van der Waals surface area (Å²) in [6.07, 6.45) is 24.4. The molecular formula is C45H74O17P2. The lowest BCUT2D eigenvalue weighted by Gasteiger charge is -2.43. The first-order valence-corrected chi connectivity index (χ1v) is 25.3. The number of carbonyl (C=O) groups excluding carboxylic acids is 2. The van der Waals surface area contributed by atoms with Gasteiger partial charge in [-0.3, -0.25) is 23.2 Å². The molecule has 0 bridgehead atoms. The lowest BCUT2D eigenvalue weighted by molar-refractivity contribution is -0.216. The molecule has 9 atom stereocenters. The molecule has 1 saturated carbocycles. The van der Waals surface area contributed by atoms with Crippen LogP contribution in [0.15, 0.2) is 85.1 Å². The minimum atomic E-state index is -5.38. The van der Waals surface area contributed by atoms with Crippen molar-refractivity contribution in [3.63, 3.8) is 0 Å². The Morgan fingerprint density at radius 2 is 1.16 bits per heavy atom. The van der Waals surface area contributed by atoms with E-state index < -0.39 is 89.6 Å². The quantitative estimate of drug-likeness (QED) is 0.0107. The third kappa shape index (κ3) is 29.6. The average molecular weight is 949 g/mol. The topological polar surface area (TPSA) is 276 Å². The SMILES string of the molecule is CC/C=C\C/C=C\CC(O)/C=C/C=C\C/C=C\CCCC(=O)O[C@H](COC(=O)CCCCCCC/C=C\C/C=C\CCC)COP(=O)(O)O[C@H]1C(O)C(O)C(O)[C@@H](OP(=O)(O)O)C1O. The maximum atomic E-state index is 13.0. The molecule has 8 N–H and O–H groups in total. The standard InChI is InChI=1S/C45H74O17P2/c1-3-5-7-9-11-12-13-14-15-16-20-24-28-32-38(47)58-34-37(35-59-64(56,57)62-45-42(51)40(49)41(50)44(43(45)52)61-63(53,54)55)60-39(48)33-29-25-21-18-17-19-23-27-31-36(46)30-26-22-10-8-6-4-2/h6-9,12-13,18-19,21-23,26-27,31,36-37,40-46,49-52H,3-5,10-11,14-17,20,24-25,28-30,32-35H2,1-2H3,(H,56,57)(H2,53,54,55)/b8-6-,9-7-,13-12-,21-18-,23-19-,26-22-,31-27+/t36?,37-,40?,41?,42?,43?,44-,45+/m1/s1. The van der Waals surface area contributed by atoms with E-state index in [0.717, 1.165) is 64.2 Å².